The number of H-pyrrole nitrogens is 1. The van der Waals surface area contributed by atoms with E-state index in [4.69, 9.17) is 0 Å². The van der Waals surface area contributed by atoms with Gasteiger partial charge in [-0.2, -0.15) is 5.10 Å². The number of nitrogens with zero attached hydrogens (tertiary/aromatic N) is 3. The van der Waals surface area contributed by atoms with Crippen molar-refractivity contribution in [2.24, 2.45) is 0 Å². The molecule has 0 radical (unpaired) electrons. The van der Waals surface area contributed by atoms with Gasteiger partial charge in [0.2, 0.25) is 0 Å². The van der Waals surface area contributed by atoms with Gasteiger partial charge in [-0.25, -0.2) is 14.1 Å². The number of aromatic amines is 1. The first-order chi connectivity index (χ1) is 13.0. The number of halogens is 1. The van der Waals surface area contributed by atoms with Crippen LogP contribution in [-0.4, -0.2) is 25.7 Å². The van der Waals surface area contributed by atoms with Gasteiger partial charge in [-0.1, -0.05) is 6.07 Å². The second kappa shape index (κ2) is 6.68. The summed E-state index contributed by atoms with van der Waals surface area (Å²) in [4.78, 5) is 19.9. The second-order valence-corrected chi connectivity index (χ2v) is 6.39. The summed E-state index contributed by atoms with van der Waals surface area (Å²) in [6.45, 7) is 3.83. The first kappa shape index (κ1) is 17.0. The Morgan fingerprint density at radius 3 is 2.89 bits per heavy atom. The van der Waals surface area contributed by atoms with Crippen molar-refractivity contribution in [2.45, 2.75) is 19.9 Å². The fourth-order valence-electron chi connectivity index (χ4n) is 3.14. The molecule has 1 atom stereocenters. The van der Waals surface area contributed by atoms with Crippen molar-refractivity contribution in [2.75, 3.05) is 0 Å². The Kier molecular flexibility index (Phi) is 4.19. The van der Waals surface area contributed by atoms with Gasteiger partial charge < -0.3 is 10.3 Å². The van der Waals surface area contributed by atoms with Crippen LogP contribution in [0.15, 0.2) is 54.9 Å². The average Bonchev–Trinajstić information content (AvgIpc) is 3.25. The Morgan fingerprint density at radius 2 is 2.11 bits per heavy atom. The second-order valence-electron chi connectivity index (χ2n) is 6.39. The zero-order chi connectivity index (χ0) is 19.0. The molecule has 4 rings (SSSR count). The van der Waals surface area contributed by atoms with Crippen molar-refractivity contribution in [1.82, 2.24) is 25.1 Å². The molecule has 0 fully saturated rings. The lowest BCUT2D eigenvalue weighted by atomic mass is 10.1. The summed E-state index contributed by atoms with van der Waals surface area (Å²) < 4.78 is 15.1. The highest BCUT2D eigenvalue weighted by molar-refractivity contribution is 5.98. The van der Waals surface area contributed by atoms with Gasteiger partial charge in [-0.15, -0.1) is 0 Å². The predicted molar refractivity (Wildman–Crippen MR) is 100 cm³/mol. The van der Waals surface area contributed by atoms with E-state index in [1.807, 2.05) is 32.0 Å². The van der Waals surface area contributed by atoms with Gasteiger partial charge in [0, 0.05) is 28.4 Å². The molecular formula is C20H18FN5O. The summed E-state index contributed by atoms with van der Waals surface area (Å²) in [6, 6.07) is 11.4. The van der Waals surface area contributed by atoms with Crippen LogP contribution in [-0.2, 0) is 0 Å². The van der Waals surface area contributed by atoms with E-state index in [1.54, 1.807) is 29.2 Å². The minimum atomic E-state index is -0.334. The summed E-state index contributed by atoms with van der Waals surface area (Å²) in [7, 11) is 0. The summed E-state index contributed by atoms with van der Waals surface area (Å²) >= 11 is 0. The Hall–Kier alpha value is -3.48. The molecule has 3 aromatic heterocycles. The Morgan fingerprint density at radius 1 is 1.26 bits per heavy atom. The number of amides is 1. The van der Waals surface area contributed by atoms with Gasteiger partial charge in [0.1, 0.15) is 11.5 Å². The molecule has 2 N–H and O–H groups in total. The highest BCUT2D eigenvalue weighted by atomic mass is 19.1. The molecule has 1 amide bonds. The Bertz CT molecular complexity index is 1120. The number of nitrogens with one attached hydrogen (secondary N) is 2. The number of hydrogen-bond acceptors (Lipinski definition) is 3. The van der Waals surface area contributed by atoms with Crippen LogP contribution in [0.4, 0.5) is 4.39 Å². The van der Waals surface area contributed by atoms with Crippen LogP contribution < -0.4 is 5.32 Å². The van der Waals surface area contributed by atoms with Crippen molar-refractivity contribution in [3.05, 3.63) is 77.6 Å². The van der Waals surface area contributed by atoms with Crippen LogP contribution in [0.25, 0.3) is 16.7 Å². The predicted octanol–water partition coefficient (Wildman–Crippen LogP) is 3.69. The molecule has 0 spiro atoms. The largest absolute Gasteiger partial charge is 0.351 e. The number of pyridine rings is 1. The molecule has 0 aliphatic heterocycles. The van der Waals surface area contributed by atoms with Crippen LogP contribution in [0.5, 0.6) is 0 Å². The molecule has 3 heterocycles. The van der Waals surface area contributed by atoms with Crippen LogP contribution in [0.3, 0.4) is 0 Å². The number of aromatic nitrogens is 4. The molecule has 1 unspecified atom stereocenters. The van der Waals surface area contributed by atoms with E-state index in [1.165, 1.54) is 12.1 Å². The molecule has 4 aromatic rings. The quantitative estimate of drug-likeness (QED) is 0.581. The number of carbonyl (C=O) groups is 1. The average molecular weight is 363 g/mol. The lowest BCUT2D eigenvalue weighted by molar-refractivity contribution is 0.0935. The Labute approximate surface area is 155 Å². The fourth-order valence-corrected chi connectivity index (χ4v) is 3.14. The minimum Gasteiger partial charge on any atom is -0.351 e. The standard InChI is InChI=1S/C20H18FN5O/c1-12(16-11-23-26(13(16)2)19-5-3-4-8-22-19)24-20(27)18-10-14-9-15(21)6-7-17(14)25-18/h3-12,25H,1-2H3,(H,24,27). The maximum Gasteiger partial charge on any atom is 0.268 e. The lowest BCUT2D eigenvalue weighted by Gasteiger charge is -2.13. The number of carbonyl (C=O) groups excluding carboxylic acids is 1. The van der Waals surface area contributed by atoms with Crippen LogP contribution >= 0.6 is 0 Å². The van der Waals surface area contributed by atoms with E-state index < -0.39 is 0 Å². The first-order valence-electron chi connectivity index (χ1n) is 8.58. The molecule has 6 nitrogen and oxygen atoms in total. The minimum absolute atomic E-state index is 0.252. The maximum absolute atomic E-state index is 13.3. The normalized spacial score (nSPS) is 12.3. The van der Waals surface area contributed by atoms with Crippen LogP contribution in [0.2, 0.25) is 0 Å². The highest BCUT2D eigenvalue weighted by Crippen LogP contribution is 2.21. The Balaban J connectivity index is 1.55. The summed E-state index contributed by atoms with van der Waals surface area (Å²) in [5.74, 6) is 0.126. The van der Waals surface area contributed by atoms with Gasteiger partial charge >= 0.3 is 0 Å². The SMILES string of the molecule is Cc1c(C(C)NC(=O)c2cc3cc(F)ccc3[nH]2)cnn1-c1ccccn1. The van der Waals surface area contributed by atoms with E-state index in [9.17, 15) is 9.18 Å². The highest BCUT2D eigenvalue weighted by Gasteiger charge is 2.18. The third-order valence-electron chi connectivity index (χ3n) is 4.56. The zero-order valence-electron chi connectivity index (χ0n) is 14.9. The third kappa shape index (κ3) is 3.19. The van der Waals surface area contributed by atoms with Crippen LogP contribution in [0.1, 0.15) is 34.7 Å². The van der Waals surface area contributed by atoms with Crippen molar-refractivity contribution >= 4 is 16.8 Å². The van der Waals surface area contributed by atoms with E-state index in [2.05, 4.69) is 20.4 Å². The molecule has 136 valence electrons. The van der Waals surface area contributed by atoms with E-state index >= 15 is 0 Å². The molecule has 1 aromatic carbocycles. The van der Waals surface area contributed by atoms with Gasteiger partial charge in [0.05, 0.1) is 12.2 Å². The molecule has 0 saturated carbocycles. The summed E-state index contributed by atoms with van der Waals surface area (Å²) in [5.41, 5.74) is 2.90. The molecular weight excluding hydrogens is 345 g/mol. The third-order valence-corrected chi connectivity index (χ3v) is 4.56. The number of benzene rings is 1. The number of rotatable bonds is 4. The van der Waals surface area contributed by atoms with E-state index in [0.29, 0.717) is 16.6 Å². The van der Waals surface area contributed by atoms with Crippen molar-refractivity contribution < 1.29 is 9.18 Å². The molecule has 0 aliphatic rings. The van der Waals surface area contributed by atoms with Crippen molar-refractivity contribution in [3.63, 3.8) is 0 Å². The van der Waals surface area contributed by atoms with Gasteiger partial charge in [0.15, 0.2) is 5.82 Å². The first-order valence-corrected chi connectivity index (χ1v) is 8.58. The monoisotopic (exact) mass is 363 g/mol. The smallest absolute Gasteiger partial charge is 0.268 e. The zero-order valence-corrected chi connectivity index (χ0v) is 14.9. The van der Waals surface area contributed by atoms with Crippen LogP contribution in [0, 0.1) is 12.7 Å². The summed E-state index contributed by atoms with van der Waals surface area (Å²) in [6.07, 6.45) is 3.44. The van der Waals surface area contributed by atoms with E-state index in [0.717, 1.165) is 17.1 Å². The molecule has 0 saturated heterocycles. The van der Waals surface area contributed by atoms with Crippen molar-refractivity contribution in [1.29, 1.82) is 0 Å². The molecule has 27 heavy (non-hydrogen) atoms. The number of hydrogen-bond donors (Lipinski definition) is 2. The molecule has 0 aliphatic carbocycles. The fraction of sp³-hybridized carbons (Fsp3) is 0.150. The summed E-state index contributed by atoms with van der Waals surface area (Å²) in [5, 5.41) is 8.00. The van der Waals surface area contributed by atoms with Crippen molar-refractivity contribution in [3.8, 4) is 5.82 Å². The van der Waals surface area contributed by atoms with Gasteiger partial charge in [-0.3, -0.25) is 4.79 Å². The van der Waals surface area contributed by atoms with E-state index in [-0.39, 0.29) is 17.8 Å². The van der Waals surface area contributed by atoms with Gasteiger partial charge in [0.25, 0.3) is 5.91 Å². The topological polar surface area (TPSA) is 75.6 Å². The molecule has 0 bridgehead atoms. The lowest BCUT2D eigenvalue weighted by Crippen LogP contribution is -2.27. The van der Waals surface area contributed by atoms with Gasteiger partial charge in [-0.05, 0) is 50.2 Å². The molecule has 7 heteroatoms. The maximum atomic E-state index is 13.3. The number of fused-ring (bicyclic) bond motifs is 1.